The average Bonchev–Trinajstić information content (AvgIpc) is 3.12. The number of amides is 2. The lowest BCUT2D eigenvalue weighted by molar-refractivity contribution is -0.105. The van der Waals surface area contributed by atoms with Gasteiger partial charge in [0.2, 0.25) is 6.41 Å². The Bertz CT molecular complexity index is 810. The lowest BCUT2D eigenvalue weighted by atomic mass is 10.1. The topological polar surface area (TPSA) is 95.6 Å². The zero-order valence-electron chi connectivity index (χ0n) is 14.1. The predicted octanol–water partition coefficient (Wildman–Crippen LogP) is 1.20. The predicted molar refractivity (Wildman–Crippen MR) is 96.1 cm³/mol. The molecule has 1 fully saturated rings. The van der Waals surface area contributed by atoms with Crippen LogP contribution in [0.25, 0.3) is 0 Å². The first kappa shape index (κ1) is 16.3. The highest BCUT2D eigenvalue weighted by molar-refractivity contribution is 5.96. The van der Waals surface area contributed by atoms with Crippen molar-refractivity contribution in [1.82, 2.24) is 15.2 Å². The summed E-state index contributed by atoms with van der Waals surface area (Å²) in [7, 11) is 0. The summed E-state index contributed by atoms with van der Waals surface area (Å²) in [5, 5.41) is 9.04. The van der Waals surface area contributed by atoms with E-state index in [-0.39, 0.29) is 5.91 Å². The molecule has 0 radical (unpaired) electrons. The van der Waals surface area contributed by atoms with Gasteiger partial charge in [-0.25, -0.2) is 4.98 Å². The van der Waals surface area contributed by atoms with Crippen molar-refractivity contribution in [3.63, 3.8) is 0 Å². The van der Waals surface area contributed by atoms with Gasteiger partial charge in [0.1, 0.15) is 0 Å². The van der Waals surface area contributed by atoms with Gasteiger partial charge < -0.3 is 25.6 Å². The van der Waals surface area contributed by atoms with E-state index in [1.54, 1.807) is 35.4 Å². The Morgan fingerprint density at radius 2 is 2.15 bits per heavy atom. The quantitative estimate of drug-likeness (QED) is 0.715. The van der Waals surface area contributed by atoms with Crippen LogP contribution in [0.4, 0.5) is 11.5 Å². The van der Waals surface area contributed by atoms with Crippen molar-refractivity contribution in [2.45, 2.75) is 6.23 Å². The number of rotatable bonds is 4. The lowest BCUT2D eigenvalue weighted by Crippen LogP contribution is -2.46. The molecule has 1 atom stereocenters. The third-order valence-corrected chi connectivity index (χ3v) is 4.42. The summed E-state index contributed by atoms with van der Waals surface area (Å²) in [6.07, 6.45) is 1.81. The summed E-state index contributed by atoms with van der Waals surface area (Å²) < 4.78 is 5.88. The van der Waals surface area contributed by atoms with Crippen molar-refractivity contribution < 1.29 is 14.3 Å². The molecule has 3 N–H and O–H groups in total. The van der Waals surface area contributed by atoms with E-state index in [1.165, 1.54) is 0 Å². The maximum absolute atomic E-state index is 12.9. The van der Waals surface area contributed by atoms with Crippen molar-refractivity contribution in [3.8, 4) is 5.75 Å². The van der Waals surface area contributed by atoms with E-state index < -0.39 is 6.23 Å². The van der Waals surface area contributed by atoms with Gasteiger partial charge >= 0.3 is 0 Å². The third-order valence-electron chi connectivity index (χ3n) is 4.42. The van der Waals surface area contributed by atoms with Crippen LogP contribution in [0, 0.1) is 0 Å². The minimum absolute atomic E-state index is 0.0593. The number of hydrogen-bond acceptors (Lipinski definition) is 6. The number of aromatic nitrogens is 1. The van der Waals surface area contributed by atoms with E-state index in [9.17, 15) is 9.59 Å². The van der Waals surface area contributed by atoms with Crippen LogP contribution in [0.2, 0.25) is 0 Å². The minimum Gasteiger partial charge on any atom is -0.463 e. The molecular formula is C18H19N5O3. The molecule has 2 amide bonds. The fraction of sp³-hybridized carbons (Fsp3) is 0.278. The monoisotopic (exact) mass is 353 g/mol. The number of nitrogens with one attached hydrogen (secondary N) is 3. The van der Waals surface area contributed by atoms with Crippen LogP contribution in [0.15, 0.2) is 36.5 Å². The average molecular weight is 353 g/mol. The van der Waals surface area contributed by atoms with E-state index in [0.29, 0.717) is 42.3 Å². The molecule has 3 heterocycles. The molecule has 0 bridgehead atoms. The van der Waals surface area contributed by atoms with Gasteiger partial charge in [-0.3, -0.25) is 9.59 Å². The Morgan fingerprint density at radius 1 is 1.31 bits per heavy atom. The van der Waals surface area contributed by atoms with Crippen molar-refractivity contribution in [2.24, 2.45) is 0 Å². The SMILES string of the molecule is O=CNc1cc(C(=O)N2CCNCC2)cc(C2Nc3ncccc3O2)c1. The van der Waals surface area contributed by atoms with E-state index in [1.807, 2.05) is 6.07 Å². The molecule has 0 saturated carbocycles. The lowest BCUT2D eigenvalue weighted by Gasteiger charge is -2.28. The van der Waals surface area contributed by atoms with Gasteiger partial charge in [-0.2, -0.15) is 0 Å². The third kappa shape index (κ3) is 3.18. The zero-order chi connectivity index (χ0) is 17.9. The number of carbonyl (C=O) groups excluding carboxylic acids is 2. The van der Waals surface area contributed by atoms with E-state index in [4.69, 9.17) is 4.74 Å². The maximum atomic E-state index is 12.9. The standard InChI is InChI=1S/C18H19N5O3/c24-11-21-14-9-12(17-22-16-15(26-17)2-1-3-20-16)8-13(10-14)18(25)23-6-4-19-5-7-23/h1-3,8-11,17,19H,4-7H2,(H,20,22)(H,21,24). The summed E-state index contributed by atoms with van der Waals surface area (Å²) in [5.74, 6) is 1.25. The Kier molecular flexibility index (Phi) is 4.40. The first-order valence-corrected chi connectivity index (χ1v) is 8.48. The second kappa shape index (κ2) is 7.01. The normalized spacial score (nSPS) is 18.5. The molecular weight excluding hydrogens is 334 g/mol. The van der Waals surface area contributed by atoms with Gasteiger partial charge in [0, 0.05) is 49.2 Å². The molecule has 8 heteroatoms. The van der Waals surface area contributed by atoms with Gasteiger partial charge in [-0.1, -0.05) is 0 Å². The number of fused-ring (bicyclic) bond motifs is 1. The van der Waals surface area contributed by atoms with Crippen LogP contribution in [0.3, 0.4) is 0 Å². The van der Waals surface area contributed by atoms with Crippen LogP contribution in [-0.4, -0.2) is 48.4 Å². The number of hydrogen-bond donors (Lipinski definition) is 3. The van der Waals surface area contributed by atoms with Crippen LogP contribution >= 0.6 is 0 Å². The Labute approximate surface area is 150 Å². The Balaban J connectivity index is 1.63. The number of pyridine rings is 1. The van der Waals surface area contributed by atoms with Crippen LogP contribution in [-0.2, 0) is 4.79 Å². The molecule has 26 heavy (non-hydrogen) atoms. The van der Waals surface area contributed by atoms with E-state index in [0.717, 1.165) is 18.7 Å². The van der Waals surface area contributed by atoms with E-state index >= 15 is 0 Å². The maximum Gasteiger partial charge on any atom is 0.254 e. The fourth-order valence-corrected chi connectivity index (χ4v) is 3.15. The minimum atomic E-state index is -0.470. The van der Waals surface area contributed by atoms with Crippen LogP contribution in [0.1, 0.15) is 22.1 Å². The van der Waals surface area contributed by atoms with Crippen molar-refractivity contribution in [3.05, 3.63) is 47.7 Å². The number of piperazine rings is 1. The summed E-state index contributed by atoms with van der Waals surface area (Å²) in [5.41, 5.74) is 1.81. The highest BCUT2D eigenvalue weighted by Crippen LogP contribution is 2.36. The number of benzene rings is 1. The molecule has 134 valence electrons. The van der Waals surface area contributed by atoms with Crippen molar-refractivity contribution in [1.29, 1.82) is 0 Å². The first-order valence-electron chi connectivity index (χ1n) is 8.48. The zero-order valence-corrected chi connectivity index (χ0v) is 14.1. The molecule has 2 aromatic rings. The molecule has 0 spiro atoms. The molecule has 8 nitrogen and oxygen atoms in total. The molecule has 2 aliphatic heterocycles. The molecule has 1 aromatic carbocycles. The molecule has 0 aliphatic carbocycles. The molecule has 1 aromatic heterocycles. The first-order chi connectivity index (χ1) is 12.7. The number of anilines is 2. The molecule has 2 aliphatic rings. The van der Waals surface area contributed by atoms with Crippen molar-refractivity contribution in [2.75, 3.05) is 36.8 Å². The van der Waals surface area contributed by atoms with Gasteiger partial charge in [0.05, 0.1) is 0 Å². The molecule has 4 rings (SSSR count). The highest BCUT2D eigenvalue weighted by atomic mass is 16.5. The Morgan fingerprint density at radius 3 is 2.92 bits per heavy atom. The van der Waals surface area contributed by atoms with Crippen molar-refractivity contribution >= 4 is 23.8 Å². The van der Waals surface area contributed by atoms with Gasteiger partial charge in [0.25, 0.3) is 5.91 Å². The largest absolute Gasteiger partial charge is 0.463 e. The molecule has 1 unspecified atom stereocenters. The summed E-state index contributed by atoms with van der Waals surface area (Å²) in [4.78, 5) is 29.8. The summed E-state index contributed by atoms with van der Waals surface area (Å²) in [6, 6.07) is 8.89. The van der Waals surface area contributed by atoms with Gasteiger partial charge in [0.15, 0.2) is 17.8 Å². The fourth-order valence-electron chi connectivity index (χ4n) is 3.15. The summed E-state index contributed by atoms with van der Waals surface area (Å²) in [6.45, 7) is 2.87. The second-order valence-electron chi connectivity index (χ2n) is 6.14. The molecule has 1 saturated heterocycles. The second-order valence-corrected chi connectivity index (χ2v) is 6.14. The van der Waals surface area contributed by atoms with Gasteiger partial charge in [-0.15, -0.1) is 0 Å². The Hall–Kier alpha value is -3.13. The highest BCUT2D eigenvalue weighted by Gasteiger charge is 2.26. The number of nitrogens with zero attached hydrogens (tertiary/aromatic N) is 2. The number of ether oxygens (including phenoxy) is 1. The van der Waals surface area contributed by atoms with Crippen LogP contribution in [0.5, 0.6) is 5.75 Å². The smallest absolute Gasteiger partial charge is 0.254 e. The van der Waals surface area contributed by atoms with Crippen LogP contribution < -0.4 is 20.7 Å². The van der Waals surface area contributed by atoms with E-state index in [2.05, 4.69) is 20.9 Å². The van der Waals surface area contributed by atoms with Gasteiger partial charge in [-0.05, 0) is 30.3 Å². The number of carbonyl (C=O) groups is 2. The summed E-state index contributed by atoms with van der Waals surface area (Å²) >= 11 is 0.